The van der Waals surface area contributed by atoms with Crippen LogP contribution in [-0.4, -0.2) is 47.6 Å². The van der Waals surface area contributed by atoms with Gasteiger partial charge in [-0.25, -0.2) is 8.42 Å². The fourth-order valence-electron chi connectivity index (χ4n) is 3.82. The van der Waals surface area contributed by atoms with Gasteiger partial charge in [0.2, 0.25) is 0 Å². The molecule has 0 N–H and O–H groups in total. The minimum absolute atomic E-state index is 0.118. The predicted molar refractivity (Wildman–Crippen MR) is 142 cm³/mol. The van der Waals surface area contributed by atoms with Gasteiger partial charge >= 0.3 is 10.1 Å². The molecule has 0 aliphatic rings. The van der Waals surface area contributed by atoms with Gasteiger partial charge < -0.3 is 4.90 Å². The average molecular weight is 525 g/mol. The standard InChI is InChI=1S/C26H40N2O5S2/c1-4-6-7-8-13-22-27(5-2)23-14-12-15-24-18-20-25(21-19-24)28(34(3,29)30)33-35(31,32)26-16-10-9-11-17-26/h9-11,16-21H,4-8,12-15,22-23H2,1-3H3. The van der Waals surface area contributed by atoms with Gasteiger partial charge in [0.25, 0.3) is 10.0 Å². The minimum Gasteiger partial charge on any atom is -0.304 e. The summed E-state index contributed by atoms with van der Waals surface area (Å²) in [6.07, 6.45) is 10.4. The van der Waals surface area contributed by atoms with Crippen LogP contribution in [0.3, 0.4) is 0 Å². The number of hydrogen-bond donors (Lipinski definition) is 0. The Morgan fingerprint density at radius 1 is 0.743 bits per heavy atom. The Balaban J connectivity index is 1.90. The quantitative estimate of drug-likeness (QED) is 0.204. The molecule has 0 aliphatic heterocycles. The molecule has 7 nitrogen and oxygen atoms in total. The summed E-state index contributed by atoms with van der Waals surface area (Å²) in [4.78, 5) is 2.39. The molecule has 2 aromatic rings. The molecule has 196 valence electrons. The number of anilines is 1. The lowest BCUT2D eigenvalue weighted by molar-refractivity contribution is 0.275. The molecular formula is C26H40N2O5S2. The average Bonchev–Trinajstić information content (AvgIpc) is 2.84. The lowest BCUT2D eigenvalue weighted by atomic mass is 10.1. The third-order valence-corrected chi connectivity index (χ3v) is 8.04. The molecule has 0 atom stereocenters. The Morgan fingerprint density at radius 3 is 1.91 bits per heavy atom. The third-order valence-electron chi connectivity index (χ3n) is 5.86. The molecule has 2 aromatic carbocycles. The molecule has 0 amide bonds. The van der Waals surface area contributed by atoms with Gasteiger partial charge in [-0.05, 0) is 75.1 Å². The minimum atomic E-state index is -4.30. The summed E-state index contributed by atoms with van der Waals surface area (Å²) < 4.78 is 55.2. The van der Waals surface area contributed by atoms with Crippen LogP contribution in [0.2, 0.25) is 0 Å². The van der Waals surface area contributed by atoms with Crippen molar-refractivity contribution in [1.82, 2.24) is 4.90 Å². The Morgan fingerprint density at radius 2 is 1.34 bits per heavy atom. The van der Waals surface area contributed by atoms with Crippen molar-refractivity contribution in [3.63, 3.8) is 0 Å². The summed E-state index contributed by atoms with van der Waals surface area (Å²) in [6, 6.07) is 14.2. The molecule has 2 rings (SSSR count). The van der Waals surface area contributed by atoms with Crippen molar-refractivity contribution in [1.29, 1.82) is 0 Å². The SMILES string of the molecule is CCCCCCCN(CC)CCCCc1ccc(N(OS(=O)(=O)c2ccccc2)S(C)(=O)=O)cc1. The Kier molecular flexibility index (Phi) is 12.2. The fourth-order valence-corrected chi connectivity index (χ4v) is 5.85. The number of aryl methyl sites for hydroxylation is 1. The van der Waals surface area contributed by atoms with E-state index in [0.29, 0.717) is 4.47 Å². The zero-order valence-electron chi connectivity index (χ0n) is 21.2. The molecule has 0 saturated carbocycles. The zero-order valence-corrected chi connectivity index (χ0v) is 22.9. The number of sulfonamides is 1. The summed E-state index contributed by atoms with van der Waals surface area (Å²) in [5.74, 6) is 0. The van der Waals surface area contributed by atoms with E-state index in [1.165, 1.54) is 44.2 Å². The number of hydrogen-bond acceptors (Lipinski definition) is 6. The first kappa shape index (κ1) is 29.3. The van der Waals surface area contributed by atoms with Crippen LogP contribution >= 0.6 is 0 Å². The van der Waals surface area contributed by atoms with E-state index in [-0.39, 0.29) is 10.6 Å². The summed E-state index contributed by atoms with van der Waals surface area (Å²) >= 11 is 0. The molecular weight excluding hydrogens is 484 g/mol. The molecule has 0 saturated heterocycles. The van der Waals surface area contributed by atoms with Crippen molar-refractivity contribution < 1.29 is 21.1 Å². The van der Waals surface area contributed by atoms with E-state index in [0.717, 1.165) is 50.7 Å². The Hall–Kier alpha value is -1.94. The van der Waals surface area contributed by atoms with Gasteiger partial charge in [-0.1, -0.05) is 69.9 Å². The molecule has 0 unspecified atom stereocenters. The topological polar surface area (TPSA) is 84.0 Å². The maximum Gasteiger partial charge on any atom is 0.318 e. The first-order valence-corrected chi connectivity index (χ1v) is 15.7. The highest BCUT2D eigenvalue weighted by Gasteiger charge is 2.27. The third kappa shape index (κ3) is 10.3. The van der Waals surface area contributed by atoms with Crippen LogP contribution in [0, 0.1) is 0 Å². The zero-order chi connectivity index (χ0) is 25.7. The molecule has 0 fully saturated rings. The van der Waals surface area contributed by atoms with Gasteiger partial charge in [-0.15, -0.1) is 8.75 Å². The van der Waals surface area contributed by atoms with E-state index in [1.807, 2.05) is 12.1 Å². The number of rotatable bonds is 17. The number of nitrogens with zero attached hydrogens (tertiary/aromatic N) is 2. The monoisotopic (exact) mass is 524 g/mol. The van der Waals surface area contributed by atoms with Gasteiger partial charge in [0.15, 0.2) is 0 Å². The van der Waals surface area contributed by atoms with E-state index in [2.05, 4.69) is 18.7 Å². The van der Waals surface area contributed by atoms with Gasteiger partial charge in [-0.2, -0.15) is 8.42 Å². The summed E-state index contributed by atoms with van der Waals surface area (Å²) in [6.45, 7) is 7.74. The molecule has 0 radical (unpaired) electrons. The molecule has 0 spiro atoms. The highest BCUT2D eigenvalue weighted by molar-refractivity contribution is 7.93. The summed E-state index contributed by atoms with van der Waals surface area (Å²) in [5.41, 5.74) is 1.20. The second kappa shape index (κ2) is 14.6. The fraction of sp³-hybridized carbons (Fsp3) is 0.538. The molecule has 0 aromatic heterocycles. The summed E-state index contributed by atoms with van der Waals surface area (Å²) in [5, 5.41) is 0. The largest absolute Gasteiger partial charge is 0.318 e. The van der Waals surface area contributed by atoms with Gasteiger partial charge in [-0.3, -0.25) is 0 Å². The van der Waals surface area contributed by atoms with E-state index in [1.54, 1.807) is 30.3 Å². The van der Waals surface area contributed by atoms with Crippen molar-refractivity contribution in [3.8, 4) is 0 Å². The Labute approximate surface area is 212 Å². The van der Waals surface area contributed by atoms with E-state index < -0.39 is 20.1 Å². The van der Waals surface area contributed by atoms with Crippen molar-refractivity contribution in [2.75, 3.05) is 30.4 Å². The highest BCUT2D eigenvalue weighted by atomic mass is 32.2. The second-order valence-corrected chi connectivity index (χ2v) is 12.1. The van der Waals surface area contributed by atoms with Gasteiger partial charge in [0, 0.05) is 0 Å². The molecule has 9 heteroatoms. The first-order valence-electron chi connectivity index (χ1n) is 12.5. The van der Waals surface area contributed by atoms with Crippen LogP contribution in [0.15, 0.2) is 59.5 Å². The van der Waals surface area contributed by atoms with E-state index >= 15 is 0 Å². The van der Waals surface area contributed by atoms with Gasteiger partial charge in [0.1, 0.15) is 0 Å². The summed E-state index contributed by atoms with van der Waals surface area (Å²) in [7, 11) is -8.29. The van der Waals surface area contributed by atoms with Crippen LogP contribution in [0.5, 0.6) is 0 Å². The maximum absolute atomic E-state index is 12.6. The molecule has 35 heavy (non-hydrogen) atoms. The van der Waals surface area contributed by atoms with Crippen LogP contribution in [-0.2, 0) is 30.8 Å². The lowest BCUT2D eigenvalue weighted by Crippen LogP contribution is -2.32. The Bertz CT molecular complexity index is 1070. The van der Waals surface area contributed by atoms with Crippen LogP contribution in [0.1, 0.15) is 64.4 Å². The van der Waals surface area contributed by atoms with Crippen molar-refractivity contribution in [2.45, 2.75) is 70.1 Å². The maximum atomic E-state index is 12.6. The highest BCUT2D eigenvalue weighted by Crippen LogP contribution is 2.23. The smallest absolute Gasteiger partial charge is 0.304 e. The van der Waals surface area contributed by atoms with Crippen molar-refractivity contribution >= 4 is 25.8 Å². The predicted octanol–water partition coefficient (Wildman–Crippen LogP) is 5.39. The van der Waals surface area contributed by atoms with Gasteiger partial charge in [0.05, 0.1) is 16.8 Å². The second-order valence-electron chi connectivity index (χ2n) is 8.80. The first-order chi connectivity index (χ1) is 16.7. The number of unbranched alkanes of at least 4 members (excludes halogenated alkanes) is 5. The number of benzene rings is 2. The van der Waals surface area contributed by atoms with Crippen molar-refractivity contribution in [2.24, 2.45) is 0 Å². The van der Waals surface area contributed by atoms with E-state index in [4.69, 9.17) is 4.28 Å². The van der Waals surface area contributed by atoms with Crippen LogP contribution in [0.4, 0.5) is 5.69 Å². The van der Waals surface area contributed by atoms with Crippen LogP contribution < -0.4 is 4.47 Å². The lowest BCUT2D eigenvalue weighted by Gasteiger charge is -2.21. The molecule has 0 heterocycles. The molecule has 0 aliphatic carbocycles. The van der Waals surface area contributed by atoms with E-state index in [9.17, 15) is 16.8 Å². The van der Waals surface area contributed by atoms with Crippen LogP contribution in [0.25, 0.3) is 0 Å². The van der Waals surface area contributed by atoms with Crippen molar-refractivity contribution in [3.05, 3.63) is 60.2 Å². The normalized spacial score (nSPS) is 12.2. The molecule has 0 bridgehead atoms.